The Kier molecular flexibility index (Phi) is 9.32. The van der Waals surface area contributed by atoms with Crippen LogP contribution in [0.3, 0.4) is 0 Å². The third kappa shape index (κ3) is 6.53. The van der Waals surface area contributed by atoms with E-state index in [9.17, 15) is 22.8 Å². The Hall–Kier alpha value is -2.79. The molecule has 3 aliphatic heterocycles. The van der Waals surface area contributed by atoms with E-state index in [2.05, 4.69) is 18.7 Å². The molecule has 3 saturated heterocycles. The largest absolute Gasteiger partial charge is 0.416 e. The molecule has 4 aliphatic rings. The maximum Gasteiger partial charge on any atom is 0.416 e. The van der Waals surface area contributed by atoms with E-state index in [0.717, 1.165) is 63.6 Å². The van der Waals surface area contributed by atoms with E-state index >= 15 is 0 Å². The maximum atomic E-state index is 13.7. The first-order valence-electron chi connectivity index (χ1n) is 15.4. The first kappa shape index (κ1) is 31.6. The van der Waals surface area contributed by atoms with Crippen LogP contribution in [-0.2, 0) is 6.18 Å². The molecule has 8 nitrogen and oxygen atoms in total. The van der Waals surface area contributed by atoms with Crippen molar-refractivity contribution in [1.29, 1.82) is 0 Å². The van der Waals surface area contributed by atoms with Gasteiger partial charge in [-0.25, -0.2) is 4.79 Å². The van der Waals surface area contributed by atoms with Crippen molar-refractivity contribution in [3.63, 3.8) is 0 Å². The summed E-state index contributed by atoms with van der Waals surface area (Å²) in [6.07, 6.45) is 1.33. The predicted octanol–water partition coefficient (Wildman–Crippen LogP) is 5.61. The highest BCUT2D eigenvalue weighted by Crippen LogP contribution is 2.44. The van der Waals surface area contributed by atoms with Crippen LogP contribution in [0.1, 0.15) is 91.0 Å². The van der Waals surface area contributed by atoms with Gasteiger partial charge in [0.05, 0.1) is 29.1 Å². The number of piperidine rings is 1. The smallest absolute Gasteiger partial charge is 0.338 e. The van der Waals surface area contributed by atoms with E-state index < -0.39 is 11.7 Å². The minimum Gasteiger partial charge on any atom is -0.338 e. The Balaban J connectivity index is 0.00000368. The summed E-state index contributed by atoms with van der Waals surface area (Å²) in [6.45, 7) is 9.71. The predicted molar refractivity (Wildman–Crippen MR) is 160 cm³/mol. The zero-order valence-corrected chi connectivity index (χ0v) is 25.7. The van der Waals surface area contributed by atoms with Gasteiger partial charge < -0.3 is 14.7 Å². The molecule has 1 saturated carbocycles. The molecule has 4 heterocycles. The highest BCUT2D eigenvalue weighted by molar-refractivity contribution is 5.95. The number of benzene rings is 1. The quantitative estimate of drug-likeness (QED) is 0.435. The standard InChI is InChI=1S/C31H41F3N6O2.ClH/c1-21(2)36-15-17-38(18-16-36)30(42)37-13-10-24(11-14-37)40-28(22-7-8-22)26(19-35-40)29(41)39-12-9-23(20-39)25-5-3-4-6-27(25)31(32,33)34;/h3-6,19,21-24H,7-18,20H2,1-2H3;1H/t23-;/m1./s1. The third-order valence-electron chi connectivity index (χ3n) is 9.61. The lowest BCUT2D eigenvalue weighted by Gasteiger charge is -2.41. The van der Waals surface area contributed by atoms with Gasteiger partial charge >= 0.3 is 12.2 Å². The van der Waals surface area contributed by atoms with Gasteiger partial charge in [-0.3, -0.25) is 14.4 Å². The minimum atomic E-state index is -4.42. The summed E-state index contributed by atoms with van der Waals surface area (Å²) < 4.78 is 42.9. The Labute approximate surface area is 257 Å². The van der Waals surface area contributed by atoms with E-state index in [1.54, 1.807) is 17.2 Å². The van der Waals surface area contributed by atoms with Crippen molar-refractivity contribution in [2.75, 3.05) is 52.4 Å². The Bertz CT molecular complexity index is 1300. The highest BCUT2D eigenvalue weighted by Gasteiger charge is 2.40. The number of rotatable bonds is 5. The van der Waals surface area contributed by atoms with Crippen LogP contribution in [0.2, 0.25) is 0 Å². The monoisotopic (exact) mass is 622 g/mol. The van der Waals surface area contributed by atoms with Crippen molar-refractivity contribution in [3.05, 3.63) is 52.8 Å². The van der Waals surface area contributed by atoms with Crippen molar-refractivity contribution in [1.82, 2.24) is 29.4 Å². The summed E-state index contributed by atoms with van der Waals surface area (Å²) in [6, 6.07) is 6.44. The molecule has 0 spiro atoms. The number of urea groups is 1. The van der Waals surface area contributed by atoms with Crippen molar-refractivity contribution in [2.24, 2.45) is 0 Å². The van der Waals surface area contributed by atoms with Crippen LogP contribution in [-0.4, -0.2) is 99.7 Å². The van der Waals surface area contributed by atoms with E-state index in [1.165, 1.54) is 12.1 Å². The number of alkyl halides is 3. The summed E-state index contributed by atoms with van der Waals surface area (Å²) in [7, 11) is 0. The van der Waals surface area contributed by atoms with Crippen LogP contribution in [0.15, 0.2) is 30.5 Å². The van der Waals surface area contributed by atoms with Crippen LogP contribution in [0.25, 0.3) is 0 Å². The molecular weight excluding hydrogens is 581 g/mol. The molecule has 1 aliphatic carbocycles. The lowest BCUT2D eigenvalue weighted by atomic mass is 9.93. The molecule has 1 atom stereocenters. The average Bonchev–Trinajstić information content (AvgIpc) is 3.53. The summed E-state index contributed by atoms with van der Waals surface area (Å²) in [4.78, 5) is 34.9. The fourth-order valence-corrected chi connectivity index (χ4v) is 7.00. The summed E-state index contributed by atoms with van der Waals surface area (Å²) in [5.41, 5.74) is 1.21. The third-order valence-corrected chi connectivity index (χ3v) is 9.61. The van der Waals surface area contributed by atoms with Crippen LogP contribution in [0, 0.1) is 0 Å². The molecule has 0 unspecified atom stereocenters. The van der Waals surface area contributed by atoms with Gasteiger partial charge in [-0.05, 0) is 57.6 Å². The number of likely N-dealkylation sites (tertiary alicyclic amines) is 2. The van der Waals surface area contributed by atoms with Crippen molar-refractivity contribution >= 4 is 24.3 Å². The van der Waals surface area contributed by atoms with Gasteiger partial charge in [0.1, 0.15) is 0 Å². The second-order valence-corrected chi connectivity index (χ2v) is 12.6. The topological polar surface area (TPSA) is 64.9 Å². The van der Waals surface area contributed by atoms with Gasteiger partial charge in [0.15, 0.2) is 0 Å². The van der Waals surface area contributed by atoms with Gasteiger partial charge in [-0.1, -0.05) is 18.2 Å². The van der Waals surface area contributed by atoms with Gasteiger partial charge in [0.25, 0.3) is 5.91 Å². The fraction of sp³-hybridized carbons (Fsp3) is 0.645. The van der Waals surface area contributed by atoms with Crippen LogP contribution < -0.4 is 0 Å². The second-order valence-electron chi connectivity index (χ2n) is 12.6. The molecule has 1 aromatic carbocycles. The molecular formula is C31H42ClF3N6O2. The van der Waals surface area contributed by atoms with Crippen LogP contribution in [0.5, 0.6) is 0 Å². The van der Waals surface area contributed by atoms with E-state index in [-0.39, 0.29) is 54.3 Å². The van der Waals surface area contributed by atoms with E-state index in [0.29, 0.717) is 37.7 Å². The Morgan fingerprint density at radius 1 is 0.837 bits per heavy atom. The molecule has 43 heavy (non-hydrogen) atoms. The number of piperazine rings is 1. The first-order chi connectivity index (χ1) is 20.1. The number of halogens is 4. The molecule has 2 aromatic rings. The SMILES string of the molecule is CC(C)N1CCN(C(=O)N2CCC(n3ncc(C(=O)N4CC[C@@H](c5ccccc5C(F)(F)F)C4)c3C3CC3)CC2)CC1.Cl. The summed E-state index contributed by atoms with van der Waals surface area (Å²) >= 11 is 0. The van der Waals surface area contributed by atoms with E-state index in [4.69, 9.17) is 5.10 Å². The first-order valence-corrected chi connectivity index (χ1v) is 15.4. The molecule has 0 bridgehead atoms. The second kappa shape index (κ2) is 12.7. The lowest BCUT2D eigenvalue weighted by molar-refractivity contribution is -0.138. The Morgan fingerprint density at radius 2 is 1.47 bits per heavy atom. The van der Waals surface area contributed by atoms with Gasteiger partial charge in [-0.15, -0.1) is 12.4 Å². The number of carbonyl (C=O) groups is 2. The molecule has 12 heteroatoms. The summed E-state index contributed by atoms with van der Waals surface area (Å²) in [5.74, 6) is -0.197. The molecule has 0 N–H and O–H groups in total. The number of carbonyl (C=O) groups excluding carboxylic acids is 2. The zero-order valence-electron chi connectivity index (χ0n) is 24.9. The lowest BCUT2D eigenvalue weighted by Crippen LogP contribution is -2.55. The fourth-order valence-electron chi connectivity index (χ4n) is 7.00. The molecule has 1 aromatic heterocycles. The minimum absolute atomic E-state index is 0. The number of aromatic nitrogens is 2. The van der Waals surface area contributed by atoms with Gasteiger partial charge in [0, 0.05) is 70.2 Å². The molecule has 4 fully saturated rings. The van der Waals surface area contributed by atoms with Crippen LogP contribution in [0.4, 0.5) is 18.0 Å². The Morgan fingerprint density at radius 3 is 2.09 bits per heavy atom. The highest BCUT2D eigenvalue weighted by atomic mass is 35.5. The number of hydrogen-bond donors (Lipinski definition) is 0. The molecule has 6 rings (SSSR count). The van der Waals surface area contributed by atoms with Gasteiger partial charge in [0.2, 0.25) is 0 Å². The molecule has 0 radical (unpaired) electrons. The summed E-state index contributed by atoms with van der Waals surface area (Å²) in [5, 5.41) is 4.70. The van der Waals surface area contributed by atoms with Crippen LogP contribution >= 0.6 is 12.4 Å². The normalized spacial score (nSPS) is 22.3. The average molecular weight is 623 g/mol. The molecule has 236 valence electrons. The number of amides is 3. The van der Waals surface area contributed by atoms with Crippen molar-refractivity contribution < 1.29 is 22.8 Å². The number of hydrogen-bond acceptors (Lipinski definition) is 4. The zero-order chi connectivity index (χ0) is 29.6. The van der Waals surface area contributed by atoms with Crippen molar-refractivity contribution in [2.45, 2.75) is 76.0 Å². The van der Waals surface area contributed by atoms with E-state index in [1.807, 2.05) is 14.5 Å². The van der Waals surface area contributed by atoms with Crippen molar-refractivity contribution in [3.8, 4) is 0 Å². The molecule has 3 amide bonds. The number of nitrogens with zero attached hydrogens (tertiary/aromatic N) is 6. The van der Waals surface area contributed by atoms with Gasteiger partial charge in [-0.2, -0.15) is 18.3 Å². The maximum absolute atomic E-state index is 13.7.